The average Bonchev–Trinajstić information content (AvgIpc) is 2.01. The summed E-state index contributed by atoms with van der Waals surface area (Å²) in [5.41, 5.74) is 0. The predicted octanol–water partition coefficient (Wildman–Crippen LogP) is 3.34. The molecule has 0 aromatic rings. The van der Waals surface area contributed by atoms with Crippen LogP contribution in [0.15, 0.2) is 12.2 Å². The lowest BCUT2D eigenvalue weighted by atomic mass is 10.2. The first-order chi connectivity index (χ1) is 6.70. The third-order valence-corrected chi connectivity index (χ3v) is 7.65. The number of aliphatic hydroxyl groups is 1. The molecule has 0 saturated carbocycles. The smallest absolute Gasteiger partial charge is 0.192 e. The van der Waals surface area contributed by atoms with E-state index in [4.69, 9.17) is 9.53 Å². The van der Waals surface area contributed by atoms with Crippen LogP contribution in [0.5, 0.6) is 0 Å². The van der Waals surface area contributed by atoms with Crippen LogP contribution in [-0.2, 0) is 4.43 Å². The van der Waals surface area contributed by atoms with E-state index in [0.29, 0.717) is 0 Å². The van der Waals surface area contributed by atoms with Crippen LogP contribution in [0.4, 0.5) is 0 Å². The molecule has 0 bridgehead atoms. The summed E-state index contributed by atoms with van der Waals surface area (Å²) in [6, 6.07) is 0. The standard InChI is InChI=1S/C12H26O2Si/c1-11(9-7-8-10-13)14-15(5,6)12(2,3)4/h7-8,11,13H,9-10H2,1-6H3/b8-7+/t11-/m1/s1. The maximum atomic E-state index is 8.62. The van der Waals surface area contributed by atoms with E-state index in [0.717, 1.165) is 6.42 Å². The van der Waals surface area contributed by atoms with Crippen molar-refractivity contribution in [2.45, 2.75) is 58.4 Å². The molecule has 90 valence electrons. The van der Waals surface area contributed by atoms with Crippen LogP contribution >= 0.6 is 0 Å². The summed E-state index contributed by atoms with van der Waals surface area (Å²) in [4.78, 5) is 0. The van der Waals surface area contributed by atoms with Crippen LogP contribution in [0.2, 0.25) is 18.1 Å². The third-order valence-electron chi connectivity index (χ3n) is 3.04. The molecule has 0 fully saturated rings. The zero-order chi connectivity index (χ0) is 12.1. The topological polar surface area (TPSA) is 29.5 Å². The maximum Gasteiger partial charge on any atom is 0.192 e. The summed E-state index contributed by atoms with van der Waals surface area (Å²) < 4.78 is 6.15. The minimum Gasteiger partial charge on any atom is -0.414 e. The van der Waals surface area contributed by atoms with E-state index in [9.17, 15) is 0 Å². The van der Waals surface area contributed by atoms with Crippen LogP contribution in [0.25, 0.3) is 0 Å². The van der Waals surface area contributed by atoms with Crippen molar-refractivity contribution in [2.24, 2.45) is 0 Å². The molecule has 0 radical (unpaired) electrons. The Morgan fingerprint density at radius 2 is 1.80 bits per heavy atom. The molecule has 0 aromatic carbocycles. The molecule has 2 nitrogen and oxygen atoms in total. The Balaban J connectivity index is 4.16. The Labute approximate surface area is 95.5 Å². The van der Waals surface area contributed by atoms with E-state index >= 15 is 0 Å². The van der Waals surface area contributed by atoms with Gasteiger partial charge >= 0.3 is 0 Å². The second-order valence-electron chi connectivity index (χ2n) is 5.58. The highest BCUT2D eigenvalue weighted by molar-refractivity contribution is 6.74. The SMILES string of the molecule is C[C@H](C/C=C/CO)O[Si](C)(C)C(C)(C)C. The molecular formula is C12H26O2Si. The molecule has 0 heterocycles. The lowest BCUT2D eigenvalue weighted by molar-refractivity contribution is 0.202. The van der Waals surface area contributed by atoms with E-state index in [1.165, 1.54) is 0 Å². The van der Waals surface area contributed by atoms with E-state index in [-0.39, 0.29) is 17.7 Å². The van der Waals surface area contributed by atoms with Crippen LogP contribution in [0, 0.1) is 0 Å². The van der Waals surface area contributed by atoms with E-state index in [2.05, 4.69) is 40.8 Å². The lowest BCUT2D eigenvalue weighted by Gasteiger charge is -2.38. The van der Waals surface area contributed by atoms with Crippen molar-refractivity contribution in [1.29, 1.82) is 0 Å². The van der Waals surface area contributed by atoms with Gasteiger partial charge in [0, 0.05) is 6.10 Å². The van der Waals surface area contributed by atoms with E-state index in [1.54, 1.807) is 6.08 Å². The fourth-order valence-electron chi connectivity index (χ4n) is 1.09. The quantitative estimate of drug-likeness (QED) is 0.580. The fraction of sp³-hybridized carbons (Fsp3) is 0.833. The predicted molar refractivity (Wildman–Crippen MR) is 68.6 cm³/mol. The molecule has 0 unspecified atom stereocenters. The normalized spacial score (nSPS) is 15.9. The second-order valence-corrected chi connectivity index (χ2v) is 10.3. The average molecular weight is 230 g/mol. The van der Waals surface area contributed by atoms with Gasteiger partial charge in [-0.05, 0) is 31.5 Å². The minimum absolute atomic E-state index is 0.118. The number of hydrogen-bond acceptors (Lipinski definition) is 2. The Hall–Kier alpha value is -0.123. The Bertz CT molecular complexity index is 204. The lowest BCUT2D eigenvalue weighted by Crippen LogP contribution is -2.43. The first-order valence-electron chi connectivity index (χ1n) is 5.64. The Kier molecular flexibility index (Phi) is 5.78. The zero-order valence-electron chi connectivity index (χ0n) is 11.0. The van der Waals surface area contributed by atoms with Gasteiger partial charge in [0.05, 0.1) is 6.61 Å². The van der Waals surface area contributed by atoms with Crippen molar-refractivity contribution in [1.82, 2.24) is 0 Å². The van der Waals surface area contributed by atoms with Gasteiger partial charge in [-0.1, -0.05) is 32.9 Å². The van der Waals surface area contributed by atoms with Gasteiger partial charge < -0.3 is 9.53 Å². The van der Waals surface area contributed by atoms with Gasteiger partial charge in [-0.2, -0.15) is 0 Å². The van der Waals surface area contributed by atoms with Gasteiger partial charge in [-0.3, -0.25) is 0 Å². The van der Waals surface area contributed by atoms with E-state index in [1.807, 2.05) is 6.08 Å². The van der Waals surface area contributed by atoms with E-state index < -0.39 is 8.32 Å². The van der Waals surface area contributed by atoms with Gasteiger partial charge in [-0.25, -0.2) is 0 Å². The van der Waals surface area contributed by atoms with Crippen molar-refractivity contribution in [3.63, 3.8) is 0 Å². The number of hydrogen-bond donors (Lipinski definition) is 1. The maximum absolute atomic E-state index is 8.62. The molecule has 0 saturated heterocycles. The molecule has 0 aliphatic heterocycles. The third kappa shape index (κ3) is 5.49. The van der Waals surface area contributed by atoms with Crippen molar-refractivity contribution in [3.05, 3.63) is 12.2 Å². The summed E-state index contributed by atoms with van der Waals surface area (Å²) in [7, 11) is -1.62. The number of aliphatic hydroxyl groups excluding tert-OH is 1. The highest BCUT2D eigenvalue weighted by Gasteiger charge is 2.38. The summed E-state index contributed by atoms with van der Waals surface area (Å²) >= 11 is 0. The van der Waals surface area contributed by atoms with Crippen molar-refractivity contribution in [2.75, 3.05) is 6.61 Å². The fourth-order valence-corrected chi connectivity index (χ4v) is 2.55. The number of rotatable bonds is 5. The monoisotopic (exact) mass is 230 g/mol. The van der Waals surface area contributed by atoms with Crippen LogP contribution in [0.3, 0.4) is 0 Å². The molecule has 3 heteroatoms. The Morgan fingerprint density at radius 1 is 1.27 bits per heavy atom. The highest BCUT2D eigenvalue weighted by atomic mass is 28.4. The van der Waals surface area contributed by atoms with Gasteiger partial charge in [0.25, 0.3) is 0 Å². The molecule has 0 amide bonds. The van der Waals surface area contributed by atoms with Gasteiger partial charge in [0.15, 0.2) is 8.32 Å². The van der Waals surface area contributed by atoms with Crippen LogP contribution in [-0.4, -0.2) is 26.1 Å². The van der Waals surface area contributed by atoms with Gasteiger partial charge in [-0.15, -0.1) is 0 Å². The minimum atomic E-state index is -1.62. The zero-order valence-corrected chi connectivity index (χ0v) is 12.0. The van der Waals surface area contributed by atoms with Gasteiger partial charge in [0.2, 0.25) is 0 Å². The van der Waals surface area contributed by atoms with Gasteiger partial charge in [0.1, 0.15) is 0 Å². The van der Waals surface area contributed by atoms with Crippen LogP contribution in [0.1, 0.15) is 34.1 Å². The largest absolute Gasteiger partial charge is 0.414 e. The van der Waals surface area contributed by atoms with Crippen molar-refractivity contribution >= 4 is 8.32 Å². The van der Waals surface area contributed by atoms with Crippen LogP contribution < -0.4 is 0 Å². The second kappa shape index (κ2) is 5.82. The summed E-state index contributed by atoms with van der Waals surface area (Å²) in [5, 5.41) is 8.89. The first kappa shape index (κ1) is 14.9. The molecule has 0 aliphatic carbocycles. The summed E-state index contributed by atoms with van der Waals surface area (Å²) in [5.74, 6) is 0. The molecule has 0 rings (SSSR count). The molecule has 15 heavy (non-hydrogen) atoms. The summed E-state index contributed by atoms with van der Waals surface area (Å²) in [6.45, 7) is 13.5. The molecule has 0 spiro atoms. The highest BCUT2D eigenvalue weighted by Crippen LogP contribution is 2.37. The molecular weight excluding hydrogens is 204 g/mol. The molecule has 0 aromatic heterocycles. The molecule has 0 aliphatic rings. The Morgan fingerprint density at radius 3 is 2.20 bits per heavy atom. The van der Waals surface area contributed by atoms with Crippen molar-refractivity contribution in [3.8, 4) is 0 Å². The molecule has 1 atom stereocenters. The van der Waals surface area contributed by atoms with Crippen molar-refractivity contribution < 1.29 is 9.53 Å². The molecule has 1 N–H and O–H groups in total. The first-order valence-corrected chi connectivity index (χ1v) is 8.55. The summed E-state index contributed by atoms with van der Waals surface area (Å²) in [6.07, 6.45) is 4.88.